The van der Waals surface area contributed by atoms with Gasteiger partial charge in [-0.2, -0.15) is 0 Å². The van der Waals surface area contributed by atoms with E-state index < -0.39 is 0 Å². The molecule has 0 atom stereocenters. The molecule has 19 heavy (non-hydrogen) atoms. The van der Waals surface area contributed by atoms with Crippen molar-refractivity contribution in [2.24, 2.45) is 5.92 Å². The molecule has 0 aliphatic carbocycles. The Morgan fingerprint density at radius 1 is 1.32 bits per heavy atom. The van der Waals surface area contributed by atoms with Crippen LogP contribution < -0.4 is 5.32 Å². The second-order valence-electron chi connectivity index (χ2n) is 6.56. The molecule has 1 rings (SSSR count). The van der Waals surface area contributed by atoms with Gasteiger partial charge in [-0.25, -0.2) is 0 Å². The Balaban J connectivity index is 2.28. The quantitative estimate of drug-likeness (QED) is 0.719. The van der Waals surface area contributed by atoms with Crippen molar-refractivity contribution in [1.82, 2.24) is 5.32 Å². The Morgan fingerprint density at radius 3 is 2.68 bits per heavy atom. The predicted molar refractivity (Wildman–Crippen MR) is 79.0 cm³/mol. The third kappa shape index (κ3) is 7.38. The molecule has 0 spiro atoms. The van der Waals surface area contributed by atoms with Gasteiger partial charge in [-0.05, 0) is 45.6 Å². The van der Waals surface area contributed by atoms with Crippen molar-refractivity contribution in [2.75, 3.05) is 6.61 Å². The lowest BCUT2D eigenvalue weighted by Crippen LogP contribution is -2.35. The van der Waals surface area contributed by atoms with E-state index in [2.05, 4.69) is 39.9 Å². The van der Waals surface area contributed by atoms with Crippen molar-refractivity contribution >= 4 is 0 Å². The van der Waals surface area contributed by atoms with E-state index in [1.165, 1.54) is 12.0 Å². The zero-order chi connectivity index (χ0) is 14.3. The van der Waals surface area contributed by atoms with E-state index in [0.717, 1.165) is 31.3 Å². The van der Waals surface area contributed by atoms with E-state index in [-0.39, 0.29) is 5.54 Å². The van der Waals surface area contributed by atoms with Crippen LogP contribution >= 0.6 is 0 Å². The van der Waals surface area contributed by atoms with E-state index >= 15 is 0 Å². The molecule has 0 bridgehead atoms. The Hall–Kier alpha value is -0.800. The van der Waals surface area contributed by atoms with Gasteiger partial charge in [0.15, 0.2) is 0 Å². The van der Waals surface area contributed by atoms with Crippen LogP contribution in [0.3, 0.4) is 0 Å². The molecule has 1 N–H and O–H groups in total. The van der Waals surface area contributed by atoms with Gasteiger partial charge in [0, 0.05) is 24.3 Å². The summed E-state index contributed by atoms with van der Waals surface area (Å²) in [7, 11) is 0. The smallest absolute Gasteiger partial charge is 0.133 e. The first kappa shape index (κ1) is 16.3. The fourth-order valence-electron chi connectivity index (χ4n) is 1.77. The first-order valence-electron chi connectivity index (χ1n) is 7.26. The van der Waals surface area contributed by atoms with E-state index in [9.17, 15) is 0 Å². The van der Waals surface area contributed by atoms with E-state index in [4.69, 9.17) is 9.15 Å². The Kier molecular flexibility index (Phi) is 6.59. The lowest BCUT2D eigenvalue weighted by Gasteiger charge is -2.20. The van der Waals surface area contributed by atoms with Crippen LogP contribution in [0.1, 0.15) is 58.8 Å². The molecule has 0 radical (unpaired) electrons. The molecule has 1 aromatic heterocycles. The maximum absolute atomic E-state index is 5.68. The van der Waals surface area contributed by atoms with Crippen LogP contribution in [-0.4, -0.2) is 12.1 Å². The highest BCUT2D eigenvalue weighted by Crippen LogP contribution is 2.14. The molecule has 1 aromatic rings. The Bertz CT molecular complexity index is 350. The van der Waals surface area contributed by atoms with Gasteiger partial charge < -0.3 is 14.5 Å². The zero-order valence-electron chi connectivity index (χ0n) is 13.1. The Morgan fingerprint density at radius 2 is 2.05 bits per heavy atom. The van der Waals surface area contributed by atoms with Gasteiger partial charge in [0.1, 0.15) is 12.4 Å². The maximum atomic E-state index is 5.68. The van der Waals surface area contributed by atoms with Crippen molar-refractivity contribution < 1.29 is 9.15 Å². The van der Waals surface area contributed by atoms with Crippen LogP contribution in [0.5, 0.6) is 0 Å². The van der Waals surface area contributed by atoms with Crippen LogP contribution in [0.25, 0.3) is 0 Å². The number of furan rings is 1. The molecular formula is C16H29NO2. The highest BCUT2D eigenvalue weighted by molar-refractivity contribution is 5.16. The molecule has 0 fully saturated rings. The van der Waals surface area contributed by atoms with Gasteiger partial charge in [0.2, 0.25) is 0 Å². The van der Waals surface area contributed by atoms with E-state index in [1.54, 1.807) is 6.26 Å². The number of rotatable bonds is 8. The second-order valence-corrected chi connectivity index (χ2v) is 6.56. The molecule has 0 unspecified atom stereocenters. The van der Waals surface area contributed by atoms with Gasteiger partial charge in [0.05, 0.1) is 6.26 Å². The van der Waals surface area contributed by atoms with Gasteiger partial charge in [0.25, 0.3) is 0 Å². The standard InChI is InChI=1S/C16H29NO2/c1-13(2)7-6-9-18-12-15-14(8-10-19-15)11-17-16(3,4)5/h8,10,13,17H,6-7,9,11-12H2,1-5H3. The number of hydrogen-bond donors (Lipinski definition) is 1. The molecule has 3 nitrogen and oxygen atoms in total. The van der Waals surface area contributed by atoms with Crippen LogP contribution in [-0.2, 0) is 17.9 Å². The molecule has 1 heterocycles. The minimum absolute atomic E-state index is 0.118. The summed E-state index contributed by atoms with van der Waals surface area (Å²) in [5, 5.41) is 3.47. The van der Waals surface area contributed by atoms with Gasteiger partial charge in [-0.15, -0.1) is 0 Å². The Labute approximate surface area is 117 Å². The van der Waals surface area contributed by atoms with Crippen molar-refractivity contribution in [3.05, 3.63) is 23.7 Å². The number of hydrogen-bond acceptors (Lipinski definition) is 3. The topological polar surface area (TPSA) is 34.4 Å². The summed E-state index contributed by atoms with van der Waals surface area (Å²) in [6, 6.07) is 2.02. The molecule has 110 valence electrons. The summed E-state index contributed by atoms with van der Waals surface area (Å²) in [6.45, 7) is 13.2. The summed E-state index contributed by atoms with van der Waals surface area (Å²) >= 11 is 0. The summed E-state index contributed by atoms with van der Waals surface area (Å²) in [4.78, 5) is 0. The van der Waals surface area contributed by atoms with Crippen molar-refractivity contribution in [3.63, 3.8) is 0 Å². The SMILES string of the molecule is CC(C)CCCOCc1occc1CNC(C)(C)C. The summed E-state index contributed by atoms with van der Waals surface area (Å²) in [5.41, 5.74) is 1.31. The third-order valence-corrected chi connectivity index (χ3v) is 2.95. The van der Waals surface area contributed by atoms with Crippen molar-refractivity contribution in [1.29, 1.82) is 0 Å². The molecule has 0 aromatic carbocycles. The van der Waals surface area contributed by atoms with E-state index in [0.29, 0.717) is 6.61 Å². The summed E-state index contributed by atoms with van der Waals surface area (Å²) in [6.07, 6.45) is 4.08. The second kappa shape index (κ2) is 7.71. The first-order valence-corrected chi connectivity index (χ1v) is 7.26. The molecule has 0 saturated heterocycles. The van der Waals surface area contributed by atoms with Gasteiger partial charge in [-0.3, -0.25) is 0 Å². The van der Waals surface area contributed by atoms with Crippen LogP contribution in [0, 0.1) is 5.92 Å². The maximum Gasteiger partial charge on any atom is 0.133 e. The lowest BCUT2D eigenvalue weighted by atomic mass is 10.1. The number of nitrogens with one attached hydrogen (secondary N) is 1. The molecule has 3 heteroatoms. The summed E-state index contributed by atoms with van der Waals surface area (Å²) < 4.78 is 11.2. The predicted octanol–water partition coefficient (Wildman–Crippen LogP) is 4.12. The minimum Gasteiger partial charge on any atom is -0.467 e. The lowest BCUT2D eigenvalue weighted by molar-refractivity contribution is 0.0998. The molecule has 0 saturated carbocycles. The number of ether oxygens (including phenoxy) is 1. The average Bonchev–Trinajstić information content (AvgIpc) is 2.72. The first-order chi connectivity index (χ1) is 8.88. The van der Waals surface area contributed by atoms with Crippen molar-refractivity contribution in [2.45, 2.75) is 66.2 Å². The van der Waals surface area contributed by atoms with Crippen LogP contribution in [0.4, 0.5) is 0 Å². The summed E-state index contributed by atoms with van der Waals surface area (Å²) in [5.74, 6) is 1.69. The van der Waals surface area contributed by atoms with E-state index in [1.807, 2.05) is 6.07 Å². The largest absolute Gasteiger partial charge is 0.467 e. The van der Waals surface area contributed by atoms with Gasteiger partial charge >= 0.3 is 0 Å². The fraction of sp³-hybridized carbons (Fsp3) is 0.750. The molecule has 0 aliphatic heterocycles. The highest BCUT2D eigenvalue weighted by Gasteiger charge is 2.12. The molecule has 0 aliphatic rings. The van der Waals surface area contributed by atoms with Gasteiger partial charge in [-0.1, -0.05) is 13.8 Å². The zero-order valence-corrected chi connectivity index (χ0v) is 13.1. The normalized spacial score (nSPS) is 12.3. The highest BCUT2D eigenvalue weighted by atomic mass is 16.5. The molecule has 0 amide bonds. The fourth-order valence-corrected chi connectivity index (χ4v) is 1.77. The van der Waals surface area contributed by atoms with Crippen LogP contribution in [0.15, 0.2) is 16.7 Å². The third-order valence-electron chi connectivity index (χ3n) is 2.95. The average molecular weight is 267 g/mol. The minimum atomic E-state index is 0.118. The van der Waals surface area contributed by atoms with Crippen molar-refractivity contribution in [3.8, 4) is 0 Å². The molecular weight excluding hydrogens is 238 g/mol. The van der Waals surface area contributed by atoms with Crippen LogP contribution in [0.2, 0.25) is 0 Å². The monoisotopic (exact) mass is 267 g/mol.